The van der Waals surface area contributed by atoms with Crippen LogP contribution in [0.3, 0.4) is 0 Å². The van der Waals surface area contributed by atoms with Gasteiger partial charge >= 0.3 is 5.97 Å². The molecule has 1 aromatic rings. The Morgan fingerprint density at radius 2 is 1.82 bits per heavy atom. The summed E-state index contributed by atoms with van der Waals surface area (Å²) in [5, 5.41) is 11.8. The standard InChI is InChI=1S/C15H18BrNO5/c1-21-12-5-8(11(16)6-13(12)22-2)7-17-14(18)9-3-4-10(9)15(19)20/h5-6,9-10H,3-4,7H2,1-2H3,(H,17,18)(H,19,20). The number of benzene rings is 1. The molecule has 0 saturated heterocycles. The molecule has 1 aliphatic carbocycles. The van der Waals surface area contributed by atoms with E-state index in [0.717, 1.165) is 10.0 Å². The molecule has 22 heavy (non-hydrogen) atoms. The Balaban J connectivity index is 2.02. The van der Waals surface area contributed by atoms with Crippen LogP contribution in [0.15, 0.2) is 16.6 Å². The summed E-state index contributed by atoms with van der Waals surface area (Å²) in [6.07, 6.45) is 1.18. The zero-order chi connectivity index (χ0) is 16.3. The van der Waals surface area contributed by atoms with Crippen molar-refractivity contribution in [2.75, 3.05) is 14.2 Å². The first-order chi connectivity index (χ1) is 10.5. The Bertz CT molecular complexity index is 590. The molecule has 1 aliphatic rings. The zero-order valence-electron chi connectivity index (χ0n) is 12.4. The largest absolute Gasteiger partial charge is 0.493 e. The van der Waals surface area contributed by atoms with Gasteiger partial charge in [0.25, 0.3) is 0 Å². The van der Waals surface area contributed by atoms with Crippen LogP contribution in [0.25, 0.3) is 0 Å². The summed E-state index contributed by atoms with van der Waals surface area (Å²) in [7, 11) is 3.09. The number of hydrogen-bond donors (Lipinski definition) is 2. The molecule has 0 heterocycles. The molecule has 1 aromatic carbocycles. The number of amides is 1. The minimum Gasteiger partial charge on any atom is -0.493 e. The molecule has 2 rings (SSSR count). The molecule has 0 spiro atoms. The first kappa shape index (κ1) is 16.6. The average molecular weight is 372 g/mol. The predicted molar refractivity (Wildman–Crippen MR) is 82.9 cm³/mol. The van der Waals surface area contributed by atoms with Crippen molar-refractivity contribution in [2.24, 2.45) is 11.8 Å². The third-order valence-corrected chi connectivity index (χ3v) is 4.67. The highest BCUT2D eigenvalue weighted by Crippen LogP contribution is 2.35. The Morgan fingerprint density at radius 3 is 2.32 bits per heavy atom. The highest BCUT2D eigenvalue weighted by Gasteiger charge is 2.41. The maximum Gasteiger partial charge on any atom is 0.307 e. The Labute approximate surface area is 136 Å². The van der Waals surface area contributed by atoms with Crippen LogP contribution >= 0.6 is 15.9 Å². The lowest BCUT2D eigenvalue weighted by Gasteiger charge is -2.32. The van der Waals surface area contributed by atoms with Gasteiger partial charge in [0.15, 0.2) is 11.5 Å². The summed E-state index contributed by atoms with van der Waals surface area (Å²) >= 11 is 3.42. The number of carboxylic acids is 1. The average Bonchev–Trinajstić information content (AvgIpc) is 2.43. The van der Waals surface area contributed by atoms with Crippen molar-refractivity contribution >= 4 is 27.8 Å². The number of halogens is 1. The van der Waals surface area contributed by atoms with Crippen molar-refractivity contribution in [3.63, 3.8) is 0 Å². The van der Waals surface area contributed by atoms with E-state index >= 15 is 0 Å². The monoisotopic (exact) mass is 371 g/mol. The van der Waals surface area contributed by atoms with E-state index in [9.17, 15) is 9.59 Å². The maximum absolute atomic E-state index is 12.1. The van der Waals surface area contributed by atoms with E-state index in [0.29, 0.717) is 30.9 Å². The molecule has 0 radical (unpaired) electrons. The maximum atomic E-state index is 12.1. The number of methoxy groups -OCH3 is 2. The number of aliphatic carboxylic acids is 1. The fourth-order valence-corrected chi connectivity index (χ4v) is 2.92. The summed E-state index contributed by atoms with van der Waals surface area (Å²) in [5.74, 6) is -0.958. The molecule has 120 valence electrons. The van der Waals surface area contributed by atoms with Crippen LogP contribution in [0.5, 0.6) is 11.5 Å². The number of nitrogens with one attached hydrogen (secondary N) is 1. The lowest BCUT2D eigenvalue weighted by atomic mass is 9.73. The van der Waals surface area contributed by atoms with Gasteiger partial charge in [-0.05, 0) is 30.5 Å². The van der Waals surface area contributed by atoms with Crippen LogP contribution in [0.2, 0.25) is 0 Å². The number of carboxylic acid groups (broad SMARTS) is 1. The normalized spacial score (nSPS) is 20.0. The minimum atomic E-state index is -0.904. The van der Waals surface area contributed by atoms with Crippen molar-refractivity contribution in [1.29, 1.82) is 0 Å². The fourth-order valence-electron chi connectivity index (χ4n) is 2.45. The molecule has 2 unspecified atom stereocenters. The zero-order valence-corrected chi connectivity index (χ0v) is 14.0. The number of carbonyl (C=O) groups excluding carboxylic acids is 1. The van der Waals surface area contributed by atoms with Crippen molar-refractivity contribution in [3.05, 3.63) is 22.2 Å². The van der Waals surface area contributed by atoms with E-state index in [-0.39, 0.29) is 5.91 Å². The Kier molecular flexibility index (Phi) is 5.28. The quantitative estimate of drug-likeness (QED) is 0.800. The van der Waals surface area contributed by atoms with Gasteiger partial charge in [-0.25, -0.2) is 0 Å². The number of rotatable bonds is 6. The molecular weight excluding hydrogens is 354 g/mol. The lowest BCUT2D eigenvalue weighted by Crippen LogP contribution is -2.43. The van der Waals surface area contributed by atoms with E-state index in [1.54, 1.807) is 26.4 Å². The molecule has 0 aromatic heterocycles. The third-order valence-electron chi connectivity index (χ3n) is 3.93. The van der Waals surface area contributed by atoms with Crippen molar-refractivity contribution in [2.45, 2.75) is 19.4 Å². The minimum absolute atomic E-state index is 0.222. The Morgan fingerprint density at radius 1 is 1.23 bits per heavy atom. The van der Waals surface area contributed by atoms with Crippen LogP contribution in [0.4, 0.5) is 0 Å². The van der Waals surface area contributed by atoms with E-state index in [4.69, 9.17) is 14.6 Å². The van der Waals surface area contributed by atoms with Gasteiger partial charge in [0.05, 0.1) is 26.1 Å². The number of hydrogen-bond acceptors (Lipinski definition) is 4. The predicted octanol–water partition coefficient (Wildman–Crippen LogP) is 2.19. The second-order valence-electron chi connectivity index (χ2n) is 5.14. The molecule has 0 bridgehead atoms. The first-order valence-electron chi connectivity index (χ1n) is 6.88. The molecule has 0 aliphatic heterocycles. The van der Waals surface area contributed by atoms with Gasteiger partial charge in [0.2, 0.25) is 5.91 Å². The molecule has 1 saturated carbocycles. The summed E-state index contributed by atoms with van der Waals surface area (Å²) in [4.78, 5) is 23.0. The van der Waals surface area contributed by atoms with E-state index in [1.165, 1.54) is 0 Å². The first-order valence-corrected chi connectivity index (χ1v) is 7.68. The van der Waals surface area contributed by atoms with Gasteiger partial charge in [0, 0.05) is 11.0 Å². The molecule has 2 atom stereocenters. The van der Waals surface area contributed by atoms with Crippen LogP contribution < -0.4 is 14.8 Å². The lowest BCUT2D eigenvalue weighted by molar-refractivity contribution is -0.152. The van der Waals surface area contributed by atoms with E-state index in [1.807, 2.05) is 0 Å². The second-order valence-corrected chi connectivity index (χ2v) is 6.00. The van der Waals surface area contributed by atoms with Crippen molar-refractivity contribution in [1.82, 2.24) is 5.32 Å². The van der Waals surface area contributed by atoms with E-state index < -0.39 is 17.8 Å². The fraction of sp³-hybridized carbons (Fsp3) is 0.467. The number of carbonyl (C=O) groups is 2. The summed E-state index contributed by atoms with van der Waals surface area (Å²) in [6.45, 7) is 0.294. The van der Waals surface area contributed by atoms with Crippen LogP contribution in [-0.2, 0) is 16.1 Å². The molecule has 1 amide bonds. The SMILES string of the molecule is COc1cc(Br)c(CNC(=O)C2CCC2C(=O)O)cc1OC. The smallest absolute Gasteiger partial charge is 0.307 e. The van der Waals surface area contributed by atoms with Crippen molar-refractivity contribution in [3.8, 4) is 11.5 Å². The van der Waals surface area contributed by atoms with Crippen LogP contribution in [0, 0.1) is 11.8 Å². The van der Waals surface area contributed by atoms with Gasteiger partial charge < -0.3 is 19.9 Å². The van der Waals surface area contributed by atoms with Gasteiger partial charge in [-0.1, -0.05) is 15.9 Å². The van der Waals surface area contributed by atoms with Gasteiger partial charge in [0.1, 0.15) is 0 Å². The highest BCUT2D eigenvalue weighted by atomic mass is 79.9. The third kappa shape index (κ3) is 3.35. The van der Waals surface area contributed by atoms with Gasteiger partial charge in [-0.3, -0.25) is 9.59 Å². The topological polar surface area (TPSA) is 84.9 Å². The molecular formula is C15H18BrNO5. The van der Waals surface area contributed by atoms with Gasteiger partial charge in [-0.15, -0.1) is 0 Å². The van der Waals surface area contributed by atoms with Gasteiger partial charge in [-0.2, -0.15) is 0 Å². The summed E-state index contributed by atoms with van der Waals surface area (Å²) in [6, 6.07) is 3.54. The summed E-state index contributed by atoms with van der Waals surface area (Å²) < 4.78 is 11.2. The van der Waals surface area contributed by atoms with Crippen LogP contribution in [-0.4, -0.2) is 31.2 Å². The highest BCUT2D eigenvalue weighted by molar-refractivity contribution is 9.10. The second kappa shape index (κ2) is 7.00. The van der Waals surface area contributed by atoms with Crippen molar-refractivity contribution < 1.29 is 24.2 Å². The number of ether oxygens (including phenoxy) is 2. The Hall–Kier alpha value is -1.76. The van der Waals surface area contributed by atoms with E-state index in [2.05, 4.69) is 21.2 Å². The molecule has 7 heteroatoms. The molecule has 2 N–H and O–H groups in total. The molecule has 1 fully saturated rings. The summed E-state index contributed by atoms with van der Waals surface area (Å²) in [5.41, 5.74) is 0.831. The van der Waals surface area contributed by atoms with Crippen LogP contribution in [0.1, 0.15) is 18.4 Å². The molecule has 6 nitrogen and oxygen atoms in total.